The van der Waals surface area contributed by atoms with E-state index in [9.17, 15) is 18.0 Å². The van der Waals surface area contributed by atoms with E-state index in [1.54, 1.807) is 46.8 Å². The van der Waals surface area contributed by atoms with Gasteiger partial charge in [0.1, 0.15) is 11.4 Å². The van der Waals surface area contributed by atoms with E-state index in [1.807, 2.05) is 12.1 Å². The third-order valence-corrected chi connectivity index (χ3v) is 4.39. The van der Waals surface area contributed by atoms with Crippen molar-refractivity contribution in [1.82, 2.24) is 5.32 Å². The Kier molecular flexibility index (Phi) is 7.76. The van der Waals surface area contributed by atoms with Gasteiger partial charge in [-0.05, 0) is 83.0 Å². The van der Waals surface area contributed by atoms with Crippen molar-refractivity contribution < 1.29 is 27.4 Å². The number of carbonyl (C=O) groups is 1. The maximum atomic E-state index is 12.6. The third kappa shape index (κ3) is 8.25. The molecule has 1 N–H and O–H groups in total. The van der Waals surface area contributed by atoms with Crippen molar-refractivity contribution in [2.24, 2.45) is 0 Å². The zero-order valence-corrected chi connectivity index (χ0v) is 18.6. The molecular formula is C24H30F3NO3. The van der Waals surface area contributed by atoms with Gasteiger partial charge in [-0.3, -0.25) is 0 Å². The molecule has 31 heavy (non-hydrogen) atoms. The lowest BCUT2D eigenvalue weighted by molar-refractivity contribution is -0.170. The molecule has 7 heteroatoms. The monoisotopic (exact) mass is 437 g/mol. The molecule has 4 nitrogen and oxygen atoms in total. The minimum absolute atomic E-state index is 0.434. The van der Waals surface area contributed by atoms with Crippen molar-refractivity contribution in [3.05, 3.63) is 65.2 Å². The van der Waals surface area contributed by atoms with Crippen LogP contribution in [-0.4, -0.2) is 23.7 Å². The number of nitrogens with one attached hydrogen (secondary N) is 1. The van der Waals surface area contributed by atoms with E-state index in [-0.39, 0.29) is 0 Å². The van der Waals surface area contributed by atoms with E-state index < -0.39 is 28.9 Å². The first-order chi connectivity index (χ1) is 14.3. The van der Waals surface area contributed by atoms with Crippen LogP contribution in [0.25, 0.3) is 0 Å². The molecule has 0 bridgehead atoms. The summed E-state index contributed by atoms with van der Waals surface area (Å²) in [7, 11) is 0. The Hall–Kier alpha value is -2.54. The SMILES string of the molecule is CC(C)(C)OC(=O)C(C)(C)Oc1ccc(CCNCc2ccc(C(F)(F)F)cc2)cc1. The standard InChI is InChI=1S/C24H30F3NO3/c1-22(2,3)31-21(29)23(4,5)30-20-12-8-17(9-13-20)14-15-28-16-18-6-10-19(11-7-18)24(25,26)27/h6-13,28H,14-16H2,1-5H3. The maximum Gasteiger partial charge on any atom is 0.416 e. The van der Waals surface area contributed by atoms with Gasteiger partial charge in [-0.25, -0.2) is 4.79 Å². The summed E-state index contributed by atoms with van der Waals surface area (Å²) in [4.78, 5) is 12.3. The molecule has 2 rings (SSSR count). The second-order valence-corrected chi connectivity index (χ2v) is 8.88. The van der Waals surface area contributed by atoms with Crippen LogP contribution < -0.4 is 10.1 Å². The summed E-state index contributed by atoms with van der Waals surface area (Å²) in [5.74, 6) is 0.133. The summed E-state index contributed by atoms with van der Waals surface area (Å²) in [6, 6.07) is 12.6. The van der Waals surface area contributed by atoms with Crippen molar-refractivity contribution in [2.75, 3.05) is 6.54 Å². The molecule has 0 saturated carbocycles. The summed E-state index contributed by atoms with van der Waals surface area (Å²) in [5, 5.41) is 3.22. The predicted octanol–water partition coefficient (Wildman–Crippen LogP) is 5.54. The maximum absolute atomic E-state index is 12.6. The summed E-state index contributed by atoms with van der Waals surface area (Å²) in [5.41, 5.74) is -0.482. The molecule has 2 aromatic rings. The van der Waals surface area contributed by atoms with Crippen LogP contribution in [-0.2, 0) is 28.7 Å². The average Bonchev–Trinajstić information content (AvgIpc) is 2.64. The Morgan fingerprint density at radius 3 is 1.94 bits per heavy atom. The number of esters is 1. The Bertz CT molecular complexity index is 852. The Balaban J connectivity index is 1.80. The summed E-state index contributed by atoms with van der Waals surface area (Å²) < 4.78 is 49.0. The zero-order valence-electron chi connectivity index (χ0n) is 18.6. The first-order valence-corrected chi connectivity index (χ1v) is 10.1. The highest BCUT2D eigenvalue weighted by atomic mass is 19.4. The Morgan fingerprint density at radius 1 is 0.871 bits per heavy atom. The second-order valence-electron chi connectivity index (χ2n) is 8.88. The number of ether oxygens (including phenoxy) is 2. The second kappa shape index (κ2) is 9.73. The van der Waals surface area contributed by atoms with Crippen LogP contribution in [0.5, 0.6) is 5.75 Å². The highest BCUT2D eigenvalue weighted by molar-refractivity contribution is 5.79. The van der Waals surface area contributed by atoms with Gasteiger partial charge in [0.2, 0.25) is 0 Å². The van der Waals surface area contributed by atoms with Gasteiger partial charge in [0.05, 0.1) is 5.56 Å². The van der Waals surface area contributed by atoms with Crippen LogP contribution in [0, 0.1) is 0 Å². The number of hydrogen-bond acceptors (Lipinski definition) is 4. The molecule has 0 spiro atoms. The Morgan fingerprint density at radius 2 is 1.42 bits per heavy atom. The fourth-order valence-corrected chi connectivity index (χ4v) is 2.74. The lowest BCUT2D eigenvalue weighted by Gasteiger charge is -2.29. The molecule has 0 aliphatic carbocycles. The van der Waals surface area contributed by atoms with Crippen LogP contribution in [0.15, 0.2) is 48.5 Å². The highest BCUT2D eigenvalue weighted by Crippen LogP contribution is 2.29. The van der Waals surface area contributed by atoms with Crippen LogP contribution >= 0.6 is 0 Å². The van der Waals surface area contributed by atoms with Gasteiger partial charge in [-0.1, -0.05) is 24.3 Å². The molecule has 0 fully saturated rings. The van der Waals surface area contributed by atoms with Gasteiger partial charge in [-0.15, -0.1) is 0 Å². The van der Waals surface area contributed by atoms with Gasteiger partial charge < -0.3 is 14.8 Å². The number of halogens is 3. The normalized spacial score (nSPS) is 12.5. The van der Waals surface area contributed by atoms with E-state index in [4.69, 9.17) is 9.47 Å². The fourth-order valence-electron chi connectivity index (χ4n) is 2.74. The average molecular weight is 438 g/mol. The molecule has 0 amide bonds. The molecule has 0 aliphatic heterocycles. The summed E-state index contributed by atoms with van der Waals surface area (Å²) >= 11 is 0. The van der Waals surface area contributed by atoms with E-state index in [0.717, 1.165) is 29.7 Å². The molecule has 2 aromatic carbocycles. The molecule has 0 aliphatic rings. The van der Waals surface area contributed by atoms with E-state index in [2.05, 4.69) is 5.32 Å². The van der Waals surface area contributed by atoms with Crippen molar-refractivity contribution >= 4 is 5.97 Å². The van der Waals surface area contributed by atoms with Gasteiger partial charge >= 0.3 is 12.1 Å². The number of rotatable bonds is 8. The lowest BCUT2D eigenvalue weighted by Crippen LogP contribution is -2.43. The molecular weight excluding hydrogens is 407 g/mol. The van der Waals surface area contributed by atoms with E-state index in [0.29, 0.717) is 18.8 Å². The largest absolute Gasteiger partial charge is 0.476 e. The summed E-state index contributed by atoms with van der Waals surface area (Å²) in [6.07, 6.45) is -3.57. The molecule has 0 saturated heterocycles. The van der Waals surface area contributed by atoms with Crippen molar-refractivity contribution in [1.29, 1.82) is 0 Å². The molecule has 170 valence electrons. The topological polar surface area (TPSA) is 47.6 Å². The smallest absolute Gasteiger partial charge is 0.416 e. The quantitative estimate of drug-likeness (QED) is 0.435. The molecule has 0 atom stereocenters. The van der Waals surface area contributed by atoms with E-state index in [1.165, 1.54) is 12.1 Å². The first kappa shape index (κ1) is 24.7. The highest BCUT2D eigenvalue weighted by Gasteiger charge is 2.34. The zero-order chi connectivity index (χ0) is 23.3. The van der Waals surface area contributed by atoms with Crippen LogP contribution in [0.3, 0.4) is 0 Å². The van der Waals surface area contributed by atoms with Crippen LogP contribution in [0.2, 0.25) is 0 Å². The number of hydrogen-bond donors (Lipinski definition) is 1. The van der Waals surface area contributed by atoms with Gasteiger partial charge in [0.25, 0.3) is 0 Å². The van der Waals surface area contributed by atoms with Crippen molar-refractivity contribution in [2.45, 2.75) is 65.0 Å². The van der Waals surface area contributed by atoms with Crippen LogP contribution in [0.1, 0.15) is 51.3 Å². The van der Waals surface area contributed by atoms with Crippen molar-refractivity contribution in [3.63, 3.8) is 0 Å². The van der Waals surface area contributed by atoms with Gasteiger partial charge in [0.15, 0.2) is 5.60 Å². The summed E-state index contributed by atoms with van der Waals surface area (Å²) in [6.45, 7) is 9.92. The van der Waals surface area contributed by atoms with E-state index >= 15 is 0 Å². The van der Waals surface area contributed by atoms with Gasteiger partial charge in [0, 0.05) is 6.54 Å². The fraction of sp³-hybridized carbons (Fsp3) is 0.458. The third-order valence-electron chi connectivity index (χ3n) is 4.39. The van der Waals surface area contributed by atoms with Crippen LogP contribution in [0.4, 0.5) is 13.2 Å². The molecule has 0 aromatic heterocycles. The molecule has 0 heterocycles. The molecule has 0 unspecified atom stereocenters. The number of alkyl halides is 3. The minimum atomic E-state index is -4.32. The number of benzene rings is 2. The minimum Gasteiger partial charge on any atom is -0.476 e. The Labute approximate surface area is 181 Å². The van der Waals surface area contributed by atoms with Gasteiger partial charge in [-0.2, -0.15) is 13.2 Å². The lowest BCUT2D eigenvalue weighted by atomic mass is 10.1. The van der Waals surface area contributed by atoms with Crippen molar-refractivity contribution in [3.8, 4) is 5.75 Å². The molecule has 0 radical (unpaired) electrons. The number of carbonyl (C=O) groups excluding carboxylic acids is 1. The predicted molar refractivity (Wildman–Crippen MR) is 114 cm³/mol. The first-order valence-electron chi connectivity index (χ1n) is 10.1.